The average Bonchev–Trinajstić information content (AvgIpc) is 1.96. The first-order valence-corrected chi connectivity index (χ1v) is 5.63. The molecule has 0 spiro atoms. The van der Waals surface area contributed by atoms with Gasteiger partial charge >= 0.3 is 37.7 Å². The summed E-state index contributed by atoms with van der Waals surface area (Å²) < 4.78 is 29.8. The number of amides is 1. The summed E-state index contributed by atoms with van der Waals surface area (Å²) in [4.78, 5) is 10.8. The van der Waals surface area contributed by atoms with Gasteiger partial charge in [-0.1, -0.05) is 20.4 Å². The van der Waals surface area contributed by atoms with Crippen LogP contribution in [0.4, 0.5) is 0 Å². The average molecular weight is 263 g/mol. The fourth-order valence-electron chi connectivity index (χ4n) is 0.943. The Morgan fingerprint density at radius 3 is 2.40 bits per heavy atom. The van der Waals surface area contributed by atoms with Crippen LogP contribution >= 0.6 is 0 Å². The minimum Gasteiger partial charge on any atom is -1.00 e. The number of carbonyl (C=O) groups is 1. The Balaban J connectivity index is -0.000000282. The van der Waals surface area contributed by atoms with Crippen molar-refractivity contribution in [2.24, 2.45) is 5.41 Å². The largest absolute Gasteiger partial charge is 2.00 e. The number of rotatable bonds is 5. The molecule has 0 rings (SSSR count). The van der Waals surface area contributed by atoms with Gasteiger partial charge in [-0.25, -0.2) is 0 Å². The van der Waals surface area contributed by atoms with Gasteiger partial charge in [0.1, 0.15) is 0 Å². The first kappa shape index (κ1) is 17.8. The van der Waals surface area contributed by atoms with Crippen molar-refractivity contribution in [3.63, 3.8) is 0 Å². The van der Waals surface area contributed by atoms with E-state index in [2.05, 4.69) is 11.9 Å². The van der Waals surface area contributed by atoms with Gasteiger partial charge < -0.3 is 8.17 Å². The molecule has 86 valence electrons. The first-order chi connectivity index (χ1) is 6.16. The standard InChI is InChI=1S/C8H15NO4S.Ca.2H/c1-4-7(10)9-5-8(2,3)6-14(11,12)13;;;/h4H,1,5-6H2,2-3H3,(H,9,10)(H,11,12,13);;;/q;+2;2*-1. The molecule has 0 aromatic carbocycles. The van der Waals surface area contributed by atoms with Crippen molar-refractivity contribution in [1.29, 1.82) is 0 Å². The maximum Gasteiger partial charge on any atom is 2.00 e. The SMILES string of the molecule is C=CC(=O)NCC(C)(C)CS(=O)(=O)O.[Ca+2].[H-].[H-]. The topological polar surface area (TPSA) is 83.5 Å². The molecule has 0 aliphatic rings. The zero-order chi connectivity index (χ0) is 11.4. The van der Waals surface area contributed by atoms with E-state index in [9.17, 15) is 13.2 Å². The molecule has 2 N–H and O–H groups in total. The van der Waals surface area contributed by atoms with E-state index in [-0.39, 0.29) is 53.0 Å². The van der Waals surface area contributed by atoms with Gasteiger partial charge in [-0.3, -0.25) is 9.35 Å². The summed E-state index contributed by atoms with van der Waals surface area (Å²) in [5, 5.41) is 2.46. The Kier molecular flexibility index (Phi) is 8.12. The van der Waals surface area contributed by atoms with E-state index in [0.29, 0.717) is 0 Å². The summed E-state index contributed by atoms with van der Waals surface area (Å²) in [6, 6.07) is 0. The molecule has 0 heterocycles. The molecule has 7 heteroatoms. The van der Waals surface area contributed by atoms with Crippen LogP contribution in [0.5, 0.6) is 0 Å². The van der Waals surface area contributed by atoms with Crippen LogP contribution in [0.25, 0.3) is 0 Å². The van der Waals surface area contributed by atoms with Gasteiger partial charge in [-0.2, -0.15) is 8.42 Å². The van der Waals surface area contributed by atoms with Gasteiger partial charge in [0.25, 0.3) is 10.1 Å². The van der Waals surface area contributed by atoms with E-state index in [4.69, 9.17) is 4.55 Å². The fraction of sp³-hybridized carbons (Fsp3) is 0.625. The Hall–Kier alpha value is 0.380. The maximum absolute atomic E-state index is 10.8. The van der Waals surface area contributed by atoms with Crippen molar-refractivity contribution >= 4 is 53.8 Å². The maximum atomic E-state index is 10.8. The van der Waals surface area contributed by atoms with E-state index < -0.39 is 21.3 Å². The summed E-state index contributed by atoms with van der Waals surface area (Å²) in [5.74, 6) is -0.759. The smallest absolute Gasteiger partial charge is 1.00 e. The molecular weight excluding hydrogens is 246 g/mol. The molecule has 0 aliphatic carbocycles. The number of hydrogen-bond acceptors (Lipinski definition) is 3. The van der Waals surface area contributed by atoms with E-state index in [0.717, 1.165) is 6.08 Å². The number of hydrogen-bond donors (Lipinski definition) is 2. The third kappa shape index (κ3) is 10.7. The molecule has 0 aliphatic heterocycles. The van der Waals surface area contributed by atoms with E-state index >= 15 is 0 Å². The zero-order valence-corrected chi connectivity index (χ0v) is 12.0. The molecule has 0 unspecified atom stereocenters. The summed E-state index contributed by atoms with van der Waals surface area (Å²) >= 11 is 0. The van der Waals surface area contributed by atoms with Gasteiger partial charge in [-0.15, -0.1) is 0 Å². The molecule has 0 bridgehead atoms. The van der Waals surface area contributed by atoms with E-state index in [1.165, 1.54) is 0 Å². The van der Waals surface area contributed by atoms with Crippen LogP contribution in [0.3, 0.4) is 0 Å². The molecule has 1 amide bonds. The molecule has 0 fully saturated rings. The summed E-state index contributed by atoms with van der Waals surface area (Å²) in [6.07, 6.45) is 1.10. The van der Waals surface area contributed by atoms with Gasteiger partial charge in [0.15, 0.2) is 0 Å². The molecule has 0 radical (unpaired) electrons. The Labute approximate surface area is 123 Å². The first-order valence-electron chi connectivity index (χ1n) is 4.02. The van der Waals surface area contributed by atoms with Crippen LogP contribution in [0.15, 0.2) is 12.7 Å². The summed E-state index contributed by atoms with van der Waals surface area (Å²) in [7, 11) is -4.01. The van der Waals surface area contributed by atoms with Crippen LogP contribution < -0.4 is 5.32 Å². The van der Waals surface area contributed by atoms with Crippen LogP contribution in [-0.2, 0) is 14.9 Å². The van der Waals surface area contributed by atoms with Crippen molar-refractivity contribution in [2.75, 3.05) is 12.3 Å². The Morgan fingerprint density at radius 2 is 2.07 bits per heavy atom. The van der Waals surface area contributed by atoms with Crippen LogP contribution in [0.1, 0.15) is 16.7 Å². The predicted octanol–water partition coefficient (Wildman–Crippen LogP) is 0.0468. The Morgan fingerprint density at radius 1 is 1.60 bits per heavy atom. The molecule has 0 aromatic heterocycles. The third-order valence-corrected chi connectivity index (χ3v) is 2.65. The van der Waals surface area contributed by atoms with Gasteiger partial charge in [0.05, 0.1) is 5.75 Å². The van der Waals surface area contributed by atoms with Crippen molar-refractivity contribution in [3.05, 3.63) is 12.7 Å². The van der Waals surface area contributed by atoms with Crippen molar-refractivity contribution < 1.29 is 20.6 Å². The van der Waals surface area contributed by atoms with Crippen molar-refractivity contribution in [1.82, 2.24) is 5.32 Å². The minimum absolute atomic E-state index is 0. The van der Waals surface area contributed by atoms with Crippen LogP contribution in [0, 0.1) is 5.41 Å². The molecule has 0 aromatic rings. The predicted molar refractivity (Wildman–Crippen MR) is 61.4 cm³/mol. The second-order valence-corrected chi connectivity index (χ2v) is 5.26. The number of nitrogens with one attached hydrogen (secondary N) is 1. The number of carbonyl (C=O) groups excluding carboxylic acids is 1. The molecule has 15 heavy (non-hydrogen) atoms. The molecule has 0 saturated carbocycles. The molecular formula is C8H17CaNO4S. The second kappa shape index (κ2) is 6.85. The van der Waals surface area contributed by atoms with Gasteiger partial charge in [0, 0.05) is 6.54 Å². The van der Waals surface area contributed by atoms with E-state index in [1.54, 1.807) is 13.8 Å². The van der Waals surface area contributed by atoms with E-state index in [1.807, 2.05) is 0 Å². The van der Waals surface area contributed by atoms with Gasteiger partial charge in [-0.05, 0) is 11.5 Å². The van der Waals surface area contributed by atoms with Gasteiger partial charge in [0.2, 0.25) is 5.91 Å². The summed E-state index contributed by atoms with van der Waals surface area (Å²) in [6.45, 7) is 6.68. The molecule has 5 nitrogen and oxygen atoms in total. The monoisotopic (exact) mass is 263 g/mol. The fourth-order valence-corrected chi connectivity index (χ4v) is 2.03. The zero-order valence-electron chi connectivity index (χ0n) is 11.0. The molecule has 0 atom stereocenters. The second-order valence-electron chi connectivity index (χ2n) is 3.81. The van der Waals surface area contributed by atoms with Crippen molar-refractivity contribution in [2.45, 2.75) is 13.8 Å². The molecule has 0 saturated heterocycles. The minimum atomic E-state index is -4.01. The summed E-state index contributed by atoms with van der Waals surface area (Å²) in [5.41, 5.74) is -0.702. The normalized spacial score (nSPS) is 11.4. The quantitative estimate of drug-likeness (QED) is 0.417. The van der Waals surface area contributed by atoms with Crippen LogP contribution in [0.2, 0.25) is 0 Å². The third-order valence-electron chi connectivity index (χ3n) is 1.50. The Bertz CT molecular complexity index is 332. The van der Waals surface area contributed by atoms with Crippen LogP contribution in [-0.4, -0.2) is 68.9 Å². The van der Waals surface area contributed by atoms with Crippen molar-refractivity contribution in [3.8, 4) is 0 Å².